The average Bonchev–Trinajstić information content (AvgIpc) is 3.37. The molecule has 0 fully saturated rings. The molecule has 6 nitrogen and oxygen atoms in total. The lowest BCUT2D eigenvalue weighted by molar-refractivity contribution is 0.0566. The summed E-state index contributed by atoms with van der Waals surface area (Å²) in [5, 5.41) is 20.8. The predicted molar refractivity (Wildman–Crippen MR) is 121 cm³/mol. The van der Waals surface area contributed by atoms with E-state index >= 15 is 0 Å². The first kappa shape index (κ1) is 22.6. The minimum absolute atomic E-state index is 0. The molecular formula is C21H19F3IN5O. The van der Waals surface area contributed by atoms with Gasteiger partial charge in [0.2, 0.25) is 0 Å². The number of rotatable bonds is 5. The Kier molecular flexibility index (Phi) is 6.54. The highest BCUT2D eigenvalue weighted by Crippen LogP contribution is 2.38. The molecule has 0 bridgehead atoms. The molecule has 0 saturated carbocycles. The van der Waals surface area contributed by atoms with Crippen LogP contribution < -0.4 is 10.5 Å². The second-order valence-electron chi connectivity index (χ2n) is 6.86. The molecule has 4 rings (SSSR count). The molecule has 1 aliphatic rings. The summed E-state index contributed by atoms with van der Waals surface area (Å²) in [5.74, 6) is -0.107. The molecule has 3 N–H and O–H groups in total. The first-order valence-electron chi connectivity index (χ1n) is 9.08. The molecule has 1 atom stereocenters. The minimum Gasteiger partial charge on any atom is -0.486 e. The minimum atomic E-state index is -2.80. The van der Waals surface area contributed by atoms with Gasteiger partial charge in [0.1, 0.15) is 23.7 Å². The number of hydrogen-bond donors (Lipinski definition) is 2. The topological polar surface area (TPSA) is 101 Å². The lowest BCUT2D eigenvalue weighted by Crippen LogP contribution is -2.08. The first-order chi connectivity index (χ1) is 14.4. The average molecular weight is 541 g/mol. The summed E-state index contributed by atoms with van der Waals surface area (Å²) >= 11 is 0. The number of nitrogens with one attached hydrogen (secondary N) is 1. The quantitative estimate of drug-likeness (QED) is 0.263. The number of hydrogen-bond acceptors (Lipinski definition) is 5. The number of aromatic nitrogens is 2. The van der Waals surface area contributed by atoms with Crippen LogP contribution in [0.5, 0.6) is 5.75 Å². The van der Waals surface area contributed by atoms with Gasteiger partial charge in [-0.15, -0.1) is 24.0 Å². The SMILES string of the molecule is I.N#Cc1ccc2c(c1F)CCC2Oc1ccc(N)c(C(=N)c2cnn(C(F)F)c2)c1.[HH]. The molecule has 0 spiro atoms. The molecule has 10 heteroatoms. The second kappa shape index (κ2) is 8.97. The molecule has 1 heterocycles. The van der Waals surface area contributed by atoms with Crippen LogP contribution in [0.1, 0.15) is 48.3 Å². The van der Waals surface area contributed by atoms with Crippen molar-refractivity contribution in [2.24, 2.45) is 0 Å². The number of nitrogen functional groups attached to an aromatic ring is 1. The van der Waals surface area contributed by atoms with Crippen molar-refractivity contribution in [2.75, 3.05) is 5.73 Å². The number of halogens is 4. The van der Waals surface area contributed by atoms with Gasteiger partial charge in [-0.3, -0.25) is 5.41 Å². The third-order valence-electron chi connectivity index (χ3n) is 5.07. The predicted octanol–water partition coefficient (Wildman–Crippen LogP) is 5.22. The number of nitriles is 1. The lowest BCUT2D eigenvalue weighted by Gasteiger charge is -2.17. The lowest BCUT2D eigenvalue weighted by atomic mass is 10.0. The zero-order chi connectivity index (χ0) is 21.4. The Bertz CT molecular complexity index is 1190. The van der Waals surface area contributed by atoms with Gasteiger partial charge >= 0.3 is 6.55 Å². The first-order valence-corrected chi connectivity index (χ1v) is 9.08. The van der Waals surface area contributed by atoms with E-state index in [4.69, 9.17) is 21.1 Å². The van der Waals surface area contributed by atoms with Crippen LogP contribution in [0, 0.1) is 22.6 Å². The summed E-state index contributed by atoms with van der Waals surface area (Å²) in [5.41, 5.74) is 7.85. The van der Waals surface area contributed by atoms with E-state index in [1.165, 1.54) is 12.3 Å². The molecule has 1 aliphatic carbocycles. The summed E-state index contributed by atoms with van der Waals surface area (Å²) < 4.78 is 46.4. The standard InChI is InChI=1S/C21H16F3N5O.HI.H2/c22-19-11(8-25)1-3-14-15(19)4-6-18(14)30-13-2-5-17(26)16(7-13)20(27)12-9-28-29(10-12)21(23)24;;/h1-3,5,7,9-10,18,21,27H,4,6,26H2;2*1H. The summed E-state index contributed by atoms with van der Waals surface area (Å²) in [4.78, 5) is 0. The van der Waals surface area contributed by atoms with E-state index in [2.05, 4.69) is 5.10 Å². The Hall–Kier alpha value is -3.07. The van der Waals surface area contributed by atoms with Crippen molar-refractivity contribution in [3.8, 4) is 11.8 Å². The van der Waals surface area contributed by atoms with Crippen LogP contribution in [0.15, 0.2) is 42.7 Å². The molecule has 1 unspecified atom stereocenters. The Morgan fingerprint density at radius 3 is 2.81 bits per heavy atom. The van der Waals surface area contributed by atoms with Crippen molar-refractivity contribution in [1.29, 1.82) is 10.7 Å². The third kappa shape index (κ3) is 4.23. The van der Waals surface area contributed by atoms with E-state index in [0.717, 1.165) is 6.20 Å². The summed E-state index contributed by atoms with van der Waals surface area (Å²) in [6.45, 7) is -2.80. The van der Waals surface area contributed by atoms with Crippen molar-refractivity contribution < 1.29 is 19.3 Å². The highest BCUT2D eigenvalue weighted by Gasteiger charge is 2.28. The Morgan fingerprint density at radius 1 is 1.35 bits per heavy atom. The van der Waals surface area contributed by atoms with Crippen LogP contribution in [0.25, 0.3) is 0 Å². The van der Waals surface area contributed by atoms with Gasteiger partial charge in [-0.2, -0.15) is 19.1 Å². The molecule has 0 radical (unpaired) electrons. The molecule has 1 aromatic heterocycles. The van der Waals surface area contributed by atoms with Crippen molar-refractivity contribution >= 4 is 35.4 Å². The number of ether oxygens (including phenoxy) is 1. The molecule has 2 aromatic carbocycles. The van der Waals surface area contributed by atoms with E-state index in [0.29, 0.717) is 40.0 Å². The number of fused-ring (bicyclic) bond motifs is 1. The molecule has 162 valence electrons. The maximum atomic E-state index is 14.4. The normalized spacial score (nSPS) is 14.6. The highest BCUT2D eigenvalue weighted by atomic mass is 127. The summed E-state index contributed by atoms with van der Waals surface area (Å²) in [7, 11) is 0. The fourth-order valence-corrected chi connectivity index (χ4v) is 3.55. The van der Waals surface area contributed by atoms with Crippen LogP contribution >= 0.6 is 24.0 Å². The third-order valence-corrected chi connectivity index (χ3v) is 5.07. The van der Waals surface area contributed by atoms with Crippen LogP contribution in [-0.4, -0.2) is 15.5 Å². The molecular weight excluding hydrogens is 522 g/mol. The number of anilines is 1. The molecule has 0 amide bonds. The maximum absolute atomic E-state index is 14.4. The van der Waals surface area contributed by atoms with Crippen LogP contribution in [0.3, 0.4) is 0 Å². The van der Waals surface area contributed by atoms with Gasteiger partial charge < -0.3 is 10.5 Å². The van der Waals surface area contributed by atoms with Crippen molar-refractivity contribution in [3.63, 3.8) is 0 Å². The Balaban J connectivity index is 0.00000181. The van der Waals surface area contributed by atoms with Gasteiger partial charge in [0.05, 0.1) is 17.5 Å². The number of benzene rings is 2. The zero-order valence-corrected chi connectivity index (χ0v) is 18.3. The van der Waals surface area contributed by atoms with Crippen molar-refractivity contribution in [1.82, 2.24) is 9.78 Å². The van der Waals surface area contributed by atoms with E-state index in [1.54, 1.807) is 24.3 Å². The van der Waals surface area contributed by atoms with Crippen LogP contribution in [0.4, 0.5) is 18.9 Å². The van der Waals surface area contributed by atoms with Crippen molar-refractivity contribution in [2.45, 2.75) is 25.5 Å². The number of nitrogens with zero attached hydrogens (tertiary/aromatic N) is 3. The van der Waals surface area contributed by atoms with Gasteiger partial charge in [0.25, 0.3) is 0 Å². The maximum Gasteiger partial charge on any atom is 0.333 e. The number of alkyl halides is 2. The fraction of sp³-hybridized carbons (Fsp3) is 0.190. The number of nitrogens with two attached hydrogens (primary N) is 1. The largest absolute Gasteiger partial charge is 0.486 e. The van der Waals surface area contributed by atoms with Crippen molar-refractivity contribution in [3.05, 3.63) is 76.4 Å². The van der Waals surface area contributed by atoms with E-state index in [-0.39, 0.29) is 47.9 Å². The van der Waals surface area contributed by atoms with Gasteiger partial charge in [-0.25, -0.2) is 9.07 Å². The summed E-state index contributed by atoms with van der Waals surface area (Å²) in [6.07, 6.45) is 2.83. The van der Waals surface area contributed by atoms with Gasteiger partial charge in [0, 0.05) is 24.4 Å². The van der Waals surface area contributed by atoms with Gasteiger partial charge in [0.15, 0.2) is 0 Å². The smallest absolute Gasteiger partial charge is 0.333 e. The van der Waals surface area contributed by atoms with Gasteiger partial charge in [-0.05, 0) is 48.2 Å². The van der Waals surface area contributed by atoms with E-state index in [9.17, 15) is 13.2 Å². The van der Waals surface area contributed by atoms with Crippen LogP contribution in [-0.2, 0) is 6.42 Å². The van der Waals surface area contributed by atoms with Crippen LogP contribution in [0.2, 0.25) is 0 Å². The second-order valence-corrected chi connectivity index (χ2v) is 6.86. The fourth-order valence-electron chi connectivity index (χ4n) is 3.55. The molecule has 3 aromatic rings. The monoisotopic (exact) mass is 541 g/mol. The molecule has 0 aliphatic heterocycles. The van der Waals surface area contributed by atoms with E-state index in [1.807, 2.05) is 6.07 Å². The zero-order valence-electron chi connectivity index (χ0n) is 16.0. The molecule has 0 saturated heterocycles. The summed E-state index contributed by atoms with van der Waals surface area (Å²) in [6, 6.07) is 9.70. The Morgan fingerprint density at radius 2 is 2.13 bits per heavy atom. The molecule has 31 heavy (non-hydrogen) atoms. The van der Waals surface area contributed by atoms with Gasteiger partial charge in [-0.1, -0.05) is 6.07 Å². The van der Waals surface area contributed by atoms with E-state index < -0.39 is 18.5 Å². The Labute approximate surface area is 194 Å². The highest BCUT2D eigenvalue weighted by molar-refractivity contribution is 14.0.